The van der Waals surface area contributed by atoms with Gasteiger partial charge in [-0.2, -0.15) is 0 Å². The smallest absolute Gasteiger partial charge is 0.332 e. The van der Waals surface area contributed by atoms with Gasteiger partial charge in [-0.1, -0.05) is 11.3 Å². The van der Waals surface area contributed by atoms with Crippen molar-refractivity contribution in [2.24, 2.45) is 0 Å². The van der Waals surface area contributed by atoms with Crippen LogP contribution in [0, 0.1) is 0 Å². The largest absolute Gasteiger partial charge is 0.479 e. The number of hydrogen-bond donors (Lipinski definition) is 1. The Labute approximate surface area is 101 Å². The number of fused-ring (bicyclic) bond motifs is 1. The van der Waals surface area contributed by atoms with Crippen molar-refractivity contribution in [3.8, 4) is 0 Å². The number of carboxylic acids is 1. The molecule has 88 valence electrons. The third-order valence-electron chi connectivity index (χ3n) is 2.75. The molecule has 0 spiro atoms. The van der Waals surface area contributed by atoms with E-state index in [1.54, 1.807) is 6.20 Å². The predicted molar refractivity (Wildman–Crippen MR) is 61.9 cm³/mol. The Morgan fingerprint density at radius 2 is 2.41 bits per heavy atom. The third kappa shape index (κ3) is 1.89. The van der Waals surface area contributed by atoms with E-state index >= 15 is 0 Å². The molecule has 0 radical (unpaired) electrons. The van der Waals surface area contributed by atoms with Crippen molar-refractivity contribution in [1.29, 1.82) is 0 Å². The molecule has 17 heavy (non-hydrogen) atoms. The zero-order valence-corrected chi connectivity index (χ0v) is 9.68. The van der Waals surface area contributed by atoms with E-state index in [0.29, 0.717) is 12.8 Å². The molecule has 2 aromatic rings. The molecule has 1 aliphatic rings. The van der Waals surface area contributed by atoms with Gasteiger partial charge in [-0.15, -0.1) is 0 Å². The zero-order chi connectivity index (χ0) is 11.8. The van der Waals surface area contributed by atoms with Gasteiger partial charge < -0.3 is 9.84 Å². The number of ether oxygens (including phenoxy) is 1. The molecule has 0 amide bonds. The average molecular weight is 250 g/mol. The minimum atomic E-state index is -0.897. The molecule has 0 aliphatic carbocycles. The normalized spacial score (nSPS) is 24.2. The second kappa shape index (κ2) is 4.05. The average Bonchev–Trinajstić information content (AvgIpc) is 2.95. The standard InChI is InChI=1S/C11H10N2O3S/c14-11(15)8-4-3-7(16-8)10-13-6-2-1-5-12-9(6)17-10/h1-2,5,7-8H,3-4H2,(H,14,15). The topological polar surface area (TPSA) is 72.3 Å². The van der Waals surface area contributed by atoms with Crippen LogP contribution in [0.3, 0.4) is 0 Å². The highest BCUT2D eigenvalue weighted by atomic mass is 32.1. The van der Waals surface area contributed by atoms with E-state index in [4.69, 9.17) is 9.84 Å². The van der Waals surface area contributed by atoms with Crippen molar-refractivity contribution in [3.05, 3.63) is 23.3 Å². The Bertz CT molecular complexity index is 536. The molecule has 0 saturated carbocycles. The molecule has 6 heteroatoms. The molecule has 2 aromatic heterocycles. The molecule has 3 rings (SSSR count). The van der Waals surface area contributed by atoms with E-state index in [2.05, 4.69) is 9.97 Å². The lowest BCUT2D eigenvalue weighted by atomic mass is 10.2. The van der Waals surface area contributed by atoms with Crippen LogP contribution in [-0.4, -0.2) is 27.1 Å². The number of aliphatic carboxylic acids is 1. The van der Waals surface area contributed by atoms with Crippen LogP contribution in [0.1, 0.15) is 24.0 Å². The molecule has 0 aromatic carbocycles. The van der Waals surface area contributed by atoms with Crippen LogP contribution in [0.15, 0.2) is 18.3 Å². The van der Waals surface area contributed by atoms with Crippen molar-refractivity contribution < 1.29 is 14.6 Å². The van der Waals surface area contributed by atoms with E-state index in [1.165, 1.54) is 11.3 Å². The molecule has 5 nitrogen and oxygen atoms in total. The van der Waals surface area contributed by atoms with E-state index < -0.39 is 12.1 Å². The summed E-state index contributed by atoms with van der Waals surface area (Å²) in [5.74, 6) is -0.897. The van der Waals surface area contributed by atoms with Gasteiger partial charge in [-0.25, -0.2) is 14.8 Å². The first-order valence-electron chi connectivity index (χ1n) is 5.34. The SMILES string of the molecule is O=C(O)C1CCC(c2nc3cccnc3s2)O1. The van der Waals surface area contributed by atoms with Crippen LogP contribution in [0.5, 0.6) is 0 Å². The molecule has 0 bridgehead atoms. The van der Waals surface area contributed by atoms with Crippen molar-refractivity contribution in [2.45, 2.75) is 25.0 Å². The number of hydrogen-bond acceptors (Lipinski definition) is 5. The number of aromatic nitrogens is 2. The lowest BCUT2D eigenvalue weighted by molar-refractivity contribution is -0.149. The Hall–Kier alpha value is -1.53. The Kier molecular flexibility index (Phi) is 2.53. The van der Waals surface area contributed by atoms with Gasteiger partial charge in [0.25, 0.3) is 0 Å². The van der Waals surface area contributed by atoms with Crippen LogP contribution in [-0.2, 0) is 9.53 Å². The Morgan fingerprint density at radius 3 is 3.12 bits per heavy atom. The lowest BCUT2D eigenvalue weighted by Crippen LogP contribution is -2.18. The molecule has 2 atom stereocenters. The number of carbonyl (C=O) groups is 1. The van der Waals surface area contributed by atoms with Crippen LogP contribution in [0.25, 0.3) is 10.3 Å². The van der Waals surface area contributed by atoms with E-state index in [-0.39, 0.29) is 6.10 Å². The Balaban J connectivity index is 1.87. The van der Waals surface area contributed by atoms with Gasteiger partial charge in [-0.3, -0.25) is 0 Å². The van der Waals surface area contributed by atoms with Crippen molar-refractivity contribution in [1.82, 2.24) is 9.97 Å². The number of nitrogens with zero attached hydrogens (tertiary/aromatic N) is 2. The number of thiazole rings is 1. The summed E-state index contributed by atoms with van der Waals surface area (Å²) in [6.07, 6.45) is 2.08. The molecular weight excluding hydrogens is 240 g/mol. The molecule has 1 aliphatic heterocycles. The number of rotatable bonds is 2. The van der Waals surface area contributed by atoms with Crippen LogP contribution >= 0.6 is 11.3 Å². The van der Waals surface area contributed by atoms with Gasteiger partial charge in [0.2, 0.25) is 0 Å². The Morgan fingerprint density at radius 1 is 1.53 bits per heavy atom. The predicted octanol–water partition coefficient (Wildman–Crippen LogP) is 2.00. The summed E-state index contributed by atoms with van der Waals surface area (Å²) in [6, 6.07) is 3.73. The maximum absolute atomic E-state index is 10.8. The zero-order valence-electron chi connectivity index (χ0n) is 8.87. The van der Waals surface area contributed by atoms with Gasteiger partial charge >= 0.3 is 5.97 Å². The fourth-order valence-electron chi connectivity index (χ4n) is 1.92. The van der Waals surface area contributed by atoms with Crippen LogP contribution < -0.4 is 0 Å². The fourth-order valence-corrected chi connectivity index (χ4v) is 2.90. The summed E-state index contributed by atoms with van der Waals surface area (Å²) in [5.41, 5.74) is 0.842. The molecule has 3 heterocycles. The summed E-state index contributed by atoms with van der Waals surface area (Å²) in [5, 5.41) is 9.69. The summed E-state index contributed by atoms with van der Waals surface area (Å²) in [4.78, 5) is 20.3. The highest BCUT2D eigenvalue weighted by Gasteiger charge is 2.33. The molecule has 1 saturated heterocycles. The lowest BCUT2D eigenvalue weighted by Gasteiger charge is -2.07. The monoisotopic (exact) mass is 250 g/mol. The number of carboxylic acid groups (broad SMARTS) is 1. The highest BCUT2D eigenvalue weighted by molar-refractivity contribution is 7.18. The maximum atomic E-state index is 10.8. The van der Waals surface area contributed by atoms with Crippen LogP contribution in [0.4, 0.5) is 0 Å². The second-order valence-electron chi connectivity index (χ2n) is 3.91. The first kappa shape index (κ1) is 10.6. The van der Waals surface area contributed by atoms with Gasteiger partial charge in [0.1, 0.15) is 21.5 Å². The summed E-state index contributed by atoms with van der Waals surface area (Å²) < 4.78 is 5.46. The van der Waals surface area contributed by atoms with Crippen molar-refractivity contribution >= 4 is 27.7 Å². The third-order valence-corrected chi connectivity index (χ3v) is 3.82. The minimum Gasteiger partial charge on any atom is -0.479 e. The quantitative estimate of drug-likeness (QED) is 0.882. The van der Waals surface area contributed by atoms with Crippen LogP contribution in [0.2, 0.25) is 0 Å². The maximum Gasteiger partial charge on any atom is 0.332 e. The van der Waals surface area contributed by atoms with Crippen molar-refractivity contribution in [2.75, 3.05) is 0 Å². The highest BCUT2D eigenvalue weighted by Crippen LogP contribution is 2.36. The van der Waals surface area contributed by atoms with E-state index in [9.17, 15) is 4.79 Å². The minimum absolute atomic E-state index is 0.199. The summed E-state index contributed by atoms with van der Waals surface area (Å²) in [7, 11) is 0. The first-order chi connectivity index (χ1) is 8.24. The molecular formula is C11H10N2O3S. The summed E-state index contributed by atoms with van der Waals surface area (Å²) in [6.45, 7) is 0. The molecule has 2 unspecified atom stereocenters. The van der Waals surface area contributed by atoms with Gasteiger partial charge in [0.15, 0.2) is 6.10 Å². The number of pyridine rings is 1. The summed E-state index contributed by atoms with van der Waals surface area (Å²) >= 11 is 1.47. The van der Waals surface area contributed by atoms with Crippen molar-refractivity contribution in [3.63, 3.8) is 0 Å². The van der Waals surface area contributed by atoms with E-state index in [0.717, 1.165) is 15.4 Å². The van der Waals surface area contributed by atoms with E-state index in [1.807, 2.05) is 12.1 Å². The van der Waals surface area contributed by atoms with Gasteiger partial charge in [0.05, 0.1) is 0 Å². The second-order valence-corrected chi connectivity index (χ2v) is 4.92. The van der Waals surface area contributed by atoms with Gasteiger partial charge in [-0.05, 0) is 25.0 Å². The molecule has 1 N–H and O–H groups in total. The fraction of sp³-hybridized carbons (Fsp3) is 0.364. The van der Waals surface area contributed by atoms with Gasteiger partial charge in [0, 0.05) is 6.20 Å². The molecule has 1 fully saturated rings. The first-order valence-corrected chi connectivity index (χ1v) is 6.15.